The number of para-hydroxylation sites is 1. The van der Waals surface area contributed by atoms with E-state index in [0.29, 0.717) is 6.42 Å². The highest BCUT2D eigenvalue weighted by atomic mass is 32.2. The molecule has 0 aliphatic carbocycles. The minimum Gasteiger partial charge on any atom is -0.466 e. The molecule has 33 heavy (non-hydrogen) atoms. The van der Waals surface area contributed by atoms with Gasteiger partial charge in [0.2, 0.25) is 11.8 Å². The number of fused-ring (bicyclic) bond motifs is 2. The molecule has 11 heteroatoms. The quantitative estimate of drug-likeness (QED) is 0.558. The molecule has 1 aromatic carbocycles. The Labute approximate surface area is 195 Å². The van der Waals surface area contributed by atoms with Crippen molar-refractivity contribution in [2.75, 3.05) is 13.2 Å². The maximum atomic E-state index is 13.6. The molecule has 2 unspecified atom stereocenters. The fraction of sp³-hybridized carbons (Fsp3) is 0.591. The monoisotopic (exact) mass is 473 g/mol. The van der Waals surface area contributed by atoms with Crippen LogP contribution < -0.4 is 5.32 Å². The molecular formula is C22H27N5O5S. The number of likely N-dealkylation sites (tertiary alicyclic amines) is 1. The molecule has 1 spiro atoms. The van der Waals surface area contributed by atoms with Crippen LogP contribution in [0.3, 0.4) is 0 Å². The van der Waals surface area contributed by atoms with Gasteiger partial charge in [0, 0.05) is 5.25 Å². The summed E-state index contributed by atoms with van der Waals surface area (Å²) < 4.78 is 6.18. The number of esters is 1. The van der Waals surface area contributed by atoms with Gasteiger partial charge < -0.3 is 20.1 Å². The summed E-state index contributed by atoms with van der Waals surface area (Å²) in [6.07, 6.45) is 1.41. The first kappa shape index (κ1) is 22.1. The summed E-state index contributed by atoms with van der Waals surface area (Å²) in [6, 6.07) is 6.11. The van der Waals surface area contributed by atoms with Gasteiger partial charge in [-0.1, -0.05) is 17.3 Å². The lowest BCUT2D eigenvalue weighted by Gasteiger charge is -2.35. The SMILES string of the molecule is CCOC(=O)[C@@H]1[C@@H]2CCC3(S2)C(C(=O)NCn2nnc4ccccc42)N([C@H](C)CO)C(=O)[C@H]13. The number of aromatic nitrogens is 3. The van der Waals surface area contributed by atoms with E-state index in [1.54, 1.807) is 30.3 Å². The number of aliphatic hydroxyl groups excluding tert-OH is 1. The number of nitrogens with one attached hydrogen (secondary N) is 1. The molecule has 3 saturated heterocycles. The van der Waals surface area contributed by atoms with Crippen molar-refractivity contribution in [3.63, 3.8) is 0 Å². The van der Waals surface area contributed by atoms with Gasteiger partial charge >= 0.3 is 5.97 Å². The van der Waals surface area contributed by atoms with Crippen molar-refractivity contribution in [2.24, 2.45) is 11.8 Å². The van der Waals surface area contributed by atoms with E-state index < -0.39 is 28.7 Å². The Hall–Kier alpha value is -2.66. The highest BCUT2D eigenvalue weighted by molar-refractivity contribution is 8.02. The Kier molecular flexibility index (Phi) is 5.56. The Bertz CT molecular complexity index is 1110. The second-order valence-corrected chi connectivity index (χ2v) is 10.5. The lowest BCUT2D eigenvalue weighted by molar-refractivity contribution is -0.154. The van der Waals surface area contributed by atoms with Crippen LogP contribution >= 0.6 is 11.8 Å². The number of amides is 2. The second-order valence-electron chi connectivity index (χ2n) is 8.86. The largest absolute Gasteiger partial charge is 0.466 e. The van der Waals surface area contributed by atoms with E-state index in [1.165, 1.54) is 4.90 Å². The average Bonchev–Trinajstić information content (AvgIpc) is 3.56. The van der Waals surface area contributed by atoms with Crippen molar-refractivity contribution in [2.45, 2.75) is 55.4 Å². The van der Waals surface area contributed by atoms with Crippen molar-refractivity contribution in [3.05, 3.63) is 24.3 Å². The number of benzene rings is 1. The van der Waals surface area contributed by atoms with E-state index >= 15 is 0 Å². The highest BCUT2D eigenvalue weighted by Crippen LogP contribution is 2.66. The molecule has 176 valence electrons. The summed E-state index contributed by atoms with van der Waals surface area (Å²) in [5.74, 6) is -2.14. The van der Waals surface area contributed by atoms with E-state index in [9.17, 15) is 19.5 Å². The molecule has 5 rings (SSSR count). The average molecular weight is 474 g/mol. The first-order chi connectivity index (χ1) is 15.9. The van der Waals surface area contributed by atoms with Gasteiger partial charge in [0.05, 0.1) is 41.4 Å². The summed E-state index contributed by atoms with van der Waals surface area (Å²) in [5.41, 5.74) is 1.51. The number of thioether (sulfide) groups is 1. The third-order valence-corrected chi connectivity index (χ3v) is 9.06. The Morgan fingerprint density at radius 2 is 2.18 bits per heavy atom. The fourth-order valence-corrected chi connectivity index (χ4v) is 7.94. The zero-order chi connectivity index (χ0) is 23.3. The topological polar surface area (TPSA) is 127 Å². The Balaban J connectivity index is 1.45. The van der Waals surface area contributed by atoms with Gasteiger partial charge in [-0.15, -0.1) is 16.9 Å². The zero-order valence-electron chi connectivity index (χ0n) is 18.5. The van der Waals surface area contributed by atoms with Gasteiger partial charge in [-0.3, -0.25) is 14.4 Å². The molecule has 10 nitrogen and oxygen atoms in total. The zero-order valence-corrected chi connectivity index (χ0v) is 19.3. The van der Waals surface area contributed by atoms with Crippen LogP contribution in [0.5, 0.6) is 0 Å². The maximum absolute atomic E-state index is 13.6. The summed E-state index contributed by atoms with van der Waals surface area (Å²) >= 11 is 1.57. The number of nitrogens with zero attached hydrogens (tertiary/aromatic N) is 4. The van der Waals surface area contributed by atoms with Gasteiger partial charge in [0.25, 0.3) is 0 Å². The number of carbonyl (C=O) groups is 3. The Morgan fingerprint density at radius 3 is 2.94 bits per heavy atom. The molecule has 4 heterocycles. The summed E-state index contributed by atoms with van der Waals surface area (Å²) in [7, 11) is 0. The van der Waals surface area contributed by atoms with Gasteiger partial charge in [-0.25, -0.2) is 4.68 Å². The van der Waals surface area contributed by atoms with E-state index in [1.807, 2.05) is 24.3 Å². The number of hydrogen-bond donors (Lipinski definition) is 2. The number of hydrogen-bond acceptors (Lipinski definition) is 8. The maximum Gasteiger partial charge on any atom is 0.310 e. The van der Waals surface area contributed by atoms with Crippen LogP contribution in [0.2, 0.25) is 0 Å². The summed E-state index contributed by atoms with van der Waals surface area (Å²) in [4.78, 5) is 41.5. The molecule has 2 N–H and O–H groups in total. The van der Waals surface area contributed by atoms with Gasteiger partial charge in [0.1, 0.15) is 18.2 Å². The predicted octanol–water partition coefficient (Wildman–Crippen LogP) is 0.540. The molecule has 2 aromatic rings. The smallest absolute Gasteiger partial charge is 0.310 e. The third kappa shape index (κ3) is 3.23. The van der Waals surface area contributed by atoms with Crippen molar-refractivity contribution in [1.29, 1.82) is 0 Å². The van der Waals surface area contributed by atoms with Crippen LogP contribution in [0.4, 0.5) is 0 Å². The minimum atomic E-state index is -0.790. The molecule has 3 fully saturated rings. The first-order valence-electron chi connectivity index (χ1n) is 11.3. The van der Waals surface area contributed by atoms with Crippen LogP contribution in [-0.4, -0.2) is 78.1 Å². The number of rotatable bonds is 7. The van der Waals surface area contributed by atoms with Crippen LogP contribution in [-0.2, 0) is 25.8 Å². The summed E-state index contributed by atoms with van der Waals surface area (Å²) in [5, 5.41) is 21.0. The van der Waals surface area contributed by atoms with E-state index in [-0.39, 0.29) is 42.9 Å². The normalized spacial score (nSPS) is 31.1. The van der Waals surface area contributed by atoms with E-state index in [0.717, 1.165) is 17.5 Å². The van der Waals surface area contributed by atoms with Crippen molar-refractivity contribution < 1.29 is 24.2 Å². The molecule has 2 bridgehead atoms. The molecule has 0 saturated carbocycles. The molecule has 2 amide bonds. The number of aliphatic hydroxyl groups is 1. The molecule has 3 aliphatic rings. The minimum absolute atomic E-state index is 0.0425. The fourth-order valence-electron chi connectivity index (χ4n) is 5.74. The van der Waals surface area contributed by atoms with Crippen LogP contribution in [0.1, 0.15) is 26.7 Å². The third-order valence-electron chi connectivity index (χ3n) is 7.11. The van der Waals surface area contributed by atoms with Gasteiger partial charge in [0.15, 0.2) is 0 Å². The van der Waals surface area contributed by atoms with Crippen LogP contribution in [0.25, 0.3) is 11.0 Å². The molecule has 0 radical (unpaired) electrons. The van der Waals surface area contributed by atoms with Crippen molar-refractivity contribution in [3.8, 4) is 0 Å². The summed E-state index contributed by atoms with van der Waals surface area (Å²) in [6.45, 7) is 3.53. The molecule has 6 atom stereocenters. The first-order valence-corrected chi connectivity index (χ1v) is 12.1. The van der Waals surface area contributed by atoms with Crippen molar-refractivity contribution in [1.82, 2.24) is 25.2 Å². The second kappa shape index (κ2) is 8.28. The van der Waals surface area contributed by atoms with Crippen LogP contribution in [0, 0.1) is 11.8 Å². The van der Waals surface area contributed by atoms with Gasteiger partial charge in [-0.2, -0.15) is 0 Å². The molecule has 3 aliphatic heterocycles. The molecular weight excluding hydrogens is 446 g/mol. The lowest BCUT2D eigenvalue weighted by atomic mass is 9.71. The van der Waals surface area contributed by atoms with E-state index in [4.69, 9.17) is 4.74 Å². The number of carbonyl (C=O) groups excluding carboxylic acids is 3. The standard InChI is InChI=1S/C22H27N5O5S/c1-3-32-21(31)16-15-8-9-22(33-15)17(16)20(30)27(12(2)10-28)18(22)19(29)23-11-26-14-7-5-4-6-13(14)24-25-26/h4-7,12,15-18,28H,3,8-11H2,1-2H3,(H,23,29)/t12-,15+,16-,17+,18?,22?/m1/s1. The van der Waals surface area contributed by atoms with E-state index in [2.05, 4.69) is 15.6 Å². The van der Waals surface area contributed by atoms with Crippen molar-refractivity contribution >= 4 is 40.6 Å². The Morgan fingerprint density at radius 1 is 1.39 bits per heavy atom. The molecule has 1 aromatic heterocycles. The van der Waals surface area contributed by atoms with Crippen LogP contribution in [0.15, 0.2) is 24.3 Å². The number of ether oxygens (including phenoxy) is 1. The lowest BCUT2D eigenvalue weighted by Crippen LogP contribution is -2.56. The highest BCUT2D eigenvalue weighted by Gasteiger charge is 2.74. The van der Waals surface area contributed by atoms with Gasteiger partial charge in [-0.05, 0) is 38.8 Å². The predicted molar refractivity (Wildman–Crippen MR) is 120 cm³/mol.